The monoisotopic (exact) mass is 534 g/mol. The summed E-state index contributed by atoms with van der Waals surface area (Å²) in [6.07, 6.45) is 1.68. The number of aromatic nitrogens is 1. The van der Waals surface area contributed by atoms with E-state index in [1.54, 1.807) is 39.2 Å². The van der Waals surface area contributed by atoms with Crippen molar-refractivity contribution in [2.45, 2.75) is 19.9 Å². The average molecular weight is 535 g/mol. The summed E-state index contributed by atoms with van der Waals surface area (Å²) in [6.45, 7) is 3.70. The minimum atomic E-state index is -0.717. The molecule has 7 nitrogen and oxygen atoms in total. The number of halogens is 1. The number of thiazole rings is 1. The average Bonchev–Trinajstić information content (AvgIpc) is 3.48. The number of furan rings is 1. The van der Waals surface area contributed by atoms with Gasteiger partial charge < -0.3 is 13.9 Å². The highest BCUT2D eigenvalue weighted by Crippen LogP contribution is 2.32. The molecule has 3 heterocycles. The summed E-state index contributed by atoms with van der Waals surface area (Å²) in [4.78, 5) is 31.8. The Bertz CT molecular complexity index is 1710. The molecule has 1 unspecified atom stereocenters. The Balaban J connectivity index is 1.65. The molecule has 1 aliphatic heterocycles. The van der Waals surface area contributed by atoms with E-state index in [0.29, 0.717) is 48.5 Å². The minimum absolute atomic E-state index is 0.207. The summed E-state index contributed by atoms with van der Waals surface area (Å²) in [6, 6.07) is 17.6. The number of hydrogen-bond acceptors (Lipinski definition) is 7. The van der Waals surface area contributed by atoms with E-state index in [4.69, 9.17) is 25.5 Å². The number of allylic oxidation sites excluding steroid dienone is 1. The van der Waals surface area contributed by atoms with E-state index in [1.165, 1.54) is 15.9 Å². The maximum absolute atomic E-state index is 13.7. The second-order valence-corrected chi connectivity index (χ2v) is 9.74. The van der Waals surface area contributed by atoms with Crippen molar-refractivity contribution in [1.29, 1.82) is 0 Å². The van der Waals surface area contributed by atoms with Crippen LogP contribution in [0.25, 0.3) is 17.4 Å². The van der Waals surface area contributed by atoms with Crippen LogP contribution in [0.3, 0.4) is 0 Å². The molecule has 0 amide bonds. The lowest BCUT2D eigenvalue weighted by molar-refractivity contribution is -0.139. The molecule has 2 aromatic carbocycles. The van der Waals surface area contributed by atoms with E-state index in [1.807, 2.05) is 48.5 Å². The first kappa shape index (κ1) is 24.8. The molecule has 0 fully saturated rings. The van der Waals surface area contributed by atoms with Crippen LogP contribution in [-0.2, 0) is 9.53 Å². The van der Waals surface area contributed by atoms with Crippen LogP contribution in [0, 0.1) is 0 Å². The third-order valence-electron chi connectivity index (χ3n) is 5.94. The summed E-state index contributed by atoms with van der Waals surface area (Å²) in [5.41, 5.74) is 2.08. The Morgan fingerprint density at radius 2 is 2.00 bits per heavy atom. The van der Waals surface area contributed by atoms with E-state index in [0.717, 1.165) is 5.56 Å². The SMILES string of the molecule is CCOC(=O)C1=C(C)N=c2s/c(=C\c3ccc(-c4cccc(Cl)c4)o3)c(=O)n2C1c1cccc(OC)c1. The lowest BCUT2D eigenvalue weighted by Gasteiger charge is -2.24. The minimum Gasteiger partial charge on any atom is -0.497 e. The number of carbonyl (C=O) groups is 1. The molecule has 9 heteroatoms. The molecule has 37 heavy (non-hydrogen) atoms. The molecule has 5 rings (SSSR count). The number of hydrogen-bond donors (Lipinski definition) is 0. The van der Waals surface area contributed by atoms with Crippen molar-refractivity contribution >= 4 is 35.0 Å². The first-order valence-corrected chi connectivity index (χ1v) is 12.8. The topological polar surface area (TPSA) is 83.0 Å². The van der Waals surface area contributed by atoms with Gasteiger partial charge in [-0.15, -0.1) is 0 Å². The van der Waals surface area contributed by atoms with E-state index in [9.17, 15) is 9.59 Å². The molecule has 0 saturated carbocycles. The predicted octanol–water partition coefficient (Wildman–Crippen LogP) is 4.72. The highest BCUT2D eigenvalue weighted by molar-refractivity contribution is 7.07. The number of esters is 1. The van der Waals surface area contributed by atoms with E-state index in [-0.39, 0.29) is 12.2 Å². The van der Waals surface area contributed by atoms with Crippen molar-refractivity contribution < 1.29 is 18.7 Å². The van der Waals surface area contributed by atoms with Gasteiger partial charge in [-0.2, -0.15) is 0 Å². The van der Waals surface area contributed by atoms with Crippen LogP contribution in [0.2, 0.25) is 5.02 Å². The number of fused-ring (bicyclic) bond motifs is 1. The number of benzene rings is 2. The summed E-state index contributed by atoms with van der Waals surface area (Å²) in [5, 5.41) is 0.606. The van der Waals surface area contributed by atoms with Gasteiger partial charge in [0.05, 0.1) is 35.6 Å². The summed E-state index contributed by atoms with van der Waals surface area (Å²) >= 11 is 7.34. The molecule has 4 aromatic rings. The summed E-state index contributed by atoms with van der Waals surface area (Å²) < 4.78 is 18.7. The van der Waals surface area contributed by atoms with E-state index >= 15 is 0 Å². The van der Waals surface area contributed by atoms with Crippen LogP contribution >= 0.6 is 22.9 Å². The normalized spacial score (nSPS) is 15.4. The zero-order valence-electron chi connectivity index (χ0n) is 20.4. The fourth-order valence-corrected chi connectivity index (χ4v) is 5.49. The van der Waals surface area contributed by atoms with E-state index in [2.05, 4.69) is 4.99 Å². The van der Waals surface area contributed by atoms with Crippen LogP contribution in [0.15, 0.2) is 86.1 Å². The van der Waals surface area contributed by atoms with Crippen molar-refractivity contribution in [1.82, 2.24) is 4.57 Å². The van der Waals surface area contributed by atoms with Crippen molar-refractivity contribution in [2.24, 2.45) is 4.99 Å². The Kier molecular flexibility index (Phi) is 6.86. The molecule has 0 aliphatic carbocycles. The van der Waals surface area contributed by atoms with Crippen molar-refractivity contribution in [3.05, 3.63) is 108 Å². The third kappa shape index (κ3) is 4.77. The maximum atomic E-state index is 13.7. The Morgan fingerprint density at radius 1 is 1.19 bits per heavy atom. The Morgan fingerprint density at radius 3 is 2.76 bits per heavy atom. The third-order valence-corrected chi connectivity index (χ3v) is 7.15. The number of carbonyl (C=O) groups excluding carboxylic acids is 1. The molecule has 0 radical (unpaired) electrons. The largest absolute Gasteiger partial charge is 0.497 e. The van der Waals surface area contributed by atoms with Gasteiger partial charge in [-0.25, -0.2) is 9.79 Å². The molecular formula is C28H23ClN2O5S. The molecule has 2 aromatic heterocycles. The van der Waals surface area contributed by atoms with E-state index < -0.39 is 12.0 Å². The van der Waals surface area contributed by atoms with Gasteiger partial charge in [0.15, 0.2) is 4.80 Å². The van der Waals surface area contributed by atoms with Gasteiger partial charge in [0.2, 0.25) is 0 Å². The molecule has 0 bridgehead atoms. The van der Waals surface area contributed by atoms with Crippen LogP contribution < -0.4 is 19.6 Å². The number of rotatable bonds is 6. The van der Waals surface area contributed by atoms with Gasteiger partial charge >= 0.3 is 5.97 Å². The zero-order valence-corrected chi connectivity index (χ0v) is 21.9. The van der Waals surface area contributed by atoms with Crippen molar-refractivity contribution in [3.63, 3.8) is 0 Å². The van der Waals surface area contributed by atoms with Crippen LogP contribution in [0.1, 0.15) is 31.2 Å². The molecule has 0 spiro atoms. The zero-order chi connectivity index (χ0) is 26.1. The number of ether oxygens (including phenoxy) is 2. The smallest absolute Gasteiger partial charge is 0.338 e. The molecule has 188 valence electrons. The molecule has 1 atom stereocenters. The van der Waals surface area contributed by atoms with Gasteiger partial charge in [-0.3, -0.25) is 9.36 Å². The Hall–Kier alpha value is -3.88. The Labute approximate surface area is 221 Å². The predicted molar refractivity (Wildman–Crippen MR) is 143 cm³/mol. The highest BCUT2D eigenvalue weighted by atomic mass is 35.5. The highest BCUT2D eigenvalue weighted by Gasteiger charge is 2.33. The molecule has 1 aliphatic rings. The van der Waals surface area contributed by atoms with Crippen LogP contribution in [0.4, 0.5) is 0 Å². The maximum Gasteiger partial charge on any atom is 0.338 e. The first-order chi connectivity index (χ1) is 17.9. The first-order valence-electron chi connectivity index (χ1n) is 11.6. The number of nitrogens with zero attached hydrogens (tertiary/aromatic N) is 2. The summed E-state index contributed by atoms with van der Waals surface area (Å²) in [7, 11) is 1.57. The molecular weight excluding hydrogens is 512 g/mol. The molecule has 0 N–H and O–H groups in total. The van der Waals surface area contributed by atoms with Crippen LogP contribution in [0.5, 0.6) is 5.75 Å². The lowest BCUT2D eigenvalue weighted by Crippen LogP contribution is -2.39. The van der Waals surface area contributed by atoms with Crippen molar-refractivity contribution in [2.75, 3.05) is 13.7 Å². The summed E-state index contributed by atoms with van der Waals surface area (Å²) in [5.74, 6) is 1.25. The molecule has 0 saturated heterocycles. The van der Waals surface area contributed by atoms with Gasteiger partial charge in [0.25, 0.3) is 5.56 Å². The van der Waals surface area contributed by atoms with Gasteiger partial charge in [-0.1, -0.05) is 47.2 Å². The standard InChI is InChI=1S/C28H23ClN2O5S/c1-4-35-27(33)24-16(2)30-28-31(25(24)18-8-6-10-20(14-18)34-3)26(32)23(37-28)15-21-11-12-22(36-21)17-7-5-9-19(29)13-17/h5-15,25H,4H2,1-3H3/b23-15-. The van der Waals surface area contributed by atoms with Gasteiger partial charge in [-0.05, 0) is 55.8 Å². The lowest BCUT2D eigenvalue weighted by atomic mass is 9.95. The number of methoxy groups -OCH3 is 1. The van der Waals surface area contributed by atoms with Gasteiger partial charge in [0.1, 0.15) is 17.3 Å². The fraction of sp³-hybridized carbons (Fsp3) is 0.179. The van der Waals surface area contributed by atoms with Crippen LogP contribution in [-0.4, -0.2) is 24.3 Å². The fourth-order valence-electron chi connectivity index (χ4n) is 4.28. The second-order valence-electron chi connectivity index (χ2n) is 8.29. The van der Waals surface area contributed by atoms with Crippen molar-refractivity contribution in [3.8, 4) is 17.1 Å². The van der Waals surface area contributed by atoms with Gasteiger partial charge in [0, 0.05) is 16.7 Å². The quantitative estimate of drug-likeness (QED) is 0.334. The second kappa shape index (κ2) is 10.2.